The number of ether oxygens (including phenoxy) is 1. The lowest BCUT2D eigenvalue weighted by atomic mass is 9.84. The molecule has 1 heterocycles. The lowest BCUT2D eigenvalue weighted by Crippen LogP contribution is -2.47. The van der Waals surface area contributed by atoms with Gasteiger partial charge in [0.25, 0.3) is 0 Å². The minimum atomic E-state index is 0.365. The first kappa shape index (κ1) is 15.8. The smallest absolute Gasteiger partial charge is 0.222 e. The Balaban J connectivity index is 1.58. The molecule has 0 unspecified atom stereocenters. The van der Waals surface area contributed by atoms with Crippen LogP contribution in [0.4, 0.5) is 0 Å². The van der Waals surface area contributed by atoms with Crippen molar-refractivity contribution in [3.05, 3.63) is 0 Å². The highest BCUT2D eigenvalue weighted by molar-refractivity contribution is 5.76. The van der Waals surface area contributed by atoms with Gasteiger partial charge in [-0.25, -0.2) is 0 Å². The van der Waals surface area contributed by atoms with Crippen LogP contribution in [0.25, 0.3) is 0 Å². The molecule has 0 N–H and O–H groups in total. The van der Waals surface area contributed by atoms with Gasteiger partial charge in [0, 0.05) is 39.7 Å². The molecule has 0 radical (unpaired) electrons. The number of likely N-dealkylation sites (N-methyl/N-ethyl adjacent to an activating group) is 1. The Bertz CT molecular complexity index is 293. The van der Waals surface area contributed by atoms with Crippen molar-refractivity contribution < 1.29 is 9.53 Å². The molecule has 0 aromatic rings. The van der Waals surface area contributed by atoms with Crippen LogP contribution in [0, 0.1) is 5.92 Å². The minimum absolute atomic E-state index is 0.365. The Morgan fingerprint density at radius 2 is 1.75 bits per heavy atom. The first-order valence-corrected chi connectivity index (χ1v) is 8.18. The Morgan fingerprint density at radius 1 is 1.10 bits per heavy atom. The molecule has 0 spiro atoms. The molecule has 1 saturated carbocycles. The van der Waals surface area contributed by atoms with E-state index in [1.165, 1.54) is 32.1 Å². The predicted molar refractivity (Wildman–Crippen MR) is 80.7 cm³/mol. The summed E-state index contributed by atoms with van der Waals surface area (Å²) < 4.78 is 5.41. The molecule has 0 bridgehead atoms. The first-order valence-electron chi connectivity index (χ1n) is 8.18. The molecule has 4 heteroatoms. The van der Waals surface area contributed by atoms with Gasteiger partial charge in [-0.15, -0.1) is 0 Å². The van der Waals surface area contributed by atoms with Crippen LogP contribution in [0.1, 0.15) is 44.9 Å². The van der Waals surface area contributed by atoms with Crippen molar-refractivity contribution in [2.75, 3.05) is 40.3 Å². The van der Waals surface area contributed by atoms with E-state index in [0.717, 1.165) is 44.9 Å². The SMILES string of the molecule is COC1CCC(CCCC(=O)N2CCN(C)CC2)CC1. The second-order valence-electron chi connectivity index (χ2n) is 6.45. The van der Waals surface area contributed by atoms with Crippen LogP contribution in [0.3, 0.4) is 0 Å². The van der Waals surface area contributed by atoms with Gasteiger partial charge in [-0.3, -0.25) is 4.79 Å². The molecular weight excluding hydrogens is 252 g/mol. The molecule has 116 valence electrons. The number of nitrogens with zero attached hydrogens (tertiary/aromatic N) is 2. The van der Waals surface area contributed by atoms with Crippen molar-refractivity contribution in [2.45, 2.75) is 51.0 Å². The summed E-state index contributed by atoms with van der Waals surface area (Å²) in [5.41, 5.74) is 0. The molecule has 2 aliphatic rings. The van der Waals surface area contributed by atoms with E-state index in [9.17, 15) is 4.79 Å². The zero-order valence-electron chi connectivity index (χ0n) is 13.1. The van der Waals surface area contributed by atoms with Crippen molar-refractivity contribution in [3.8, 4) is 0 Å². The Labute approximate surface area is 123 Å². The molecular formula is C16H30N2O2. The van der Waals surface area contributed by atoms with Gasteiger partial charge < -0.3 is 14.5 Å². The summed E-state index contributed by atoms with van der Waals surface area (Å²) in [4.78, 5) is 16.5. The first-order chi connectivity index (χ1) is 9.69. The zero-order valence-corrected chi connectivity index (χ0v) is 13.1. The summed E-state index contributed by atoms with van der Waals surface area (Å²) in [5.74, 6) is 1.19. The molecule has 20 heavy (non-hydrogen) atoms. The van der Waals surface area contributed by atoms with Crippen LogP contribution < -0.4 is 0 Å². The van der Waals surface area contributed by atoms with E-state index in [0.29, 0.717) is 12.0 Å². The van der Waals surface area contributed by atoms with Gasteiger partial charge in [0.1, 0.15) is 0 Å². The number of carbonyl (C=O) groups is 1. The summed E-state index contributed by atoms with van der Waals surface area (Å²) in [6, 6.07) is 0. The fourth-order valence-corrected chi connectivity index (χ4v) is 3.41. The van der Waals surface area contributed by atoms with E-state index < -0.39 is 0 Å². The van der Waals surface area contributed by atoms with Gasteiger partial charge >= 0.3 is 0 Å². The van der Waals surface area contributed by atoms with Gasteiger partial charge in [0.05, 0.1) is 6.10 Å². The molecule has 0 atom stereocenters. The number of hydrogen-bond donors (Lipinski definition) is 0. The van der Waals surface area contributed by atoms with Crippen LogP contribution >= 0.6 is 0 Å². The number of rotatable bonds is 5. The molecule has 2 fully saturated rings. The van der Waals surface area contributed by atoms with Gasteiger partial charge in [-0.1, -0.05) is 0 Å². The fraction of sp³-hybridized carbons (Fsp3) is 0.938. The Morgan fingerprint density at radius 3 is 2.35 bits per heavy atom. The third-order valence-electron chi connectivity index (χ3n) is 4.99. The Hall–Kier alpha value is -0.610. The average molecular weight is 282 g/mol. The maximum atomic E-state index is 12.1. The van der Waals surface area contributed by atoms with Gasteiger partial charge in [-0.2, -0.15) is 0 Å². The van der Waals surface area contributed by atoms with Crippen LogP contribution in [0.5, 0.6) is 0 Å². The highest BCUT2D eigenvalue weighted by Crippen LogP contribution is 2.29. The standard InChI is InChI=1S/C16H30N2O2/c1-17-10-12-18(13-11-17)16(19)5-3-4-14-6-8-15(20-2)9-7-14/h14-15H,3-13H2,1-2H3. The monoisotopic (exact) mass is 282 g/mol. The number of amides is 1. The maximum Gasteiger partial charge on any atom is 0.222 e. The highest BCUT2D eigenvalue weighted by Gasteiger charge is 2.22. The molecule has 1 aliphatic carbocycles. The summed E-state index contributed by atoms with van der Waals surface area (Å²) in [6.07, 6.45) is 8.47. The highest BCUT2D eigenvalue weighted by atomic mass is 16.5. The molecule has 4 nitrogen and oxygen atoms in total. The van der Waals surface area contributed by atoms with Crippen LogP contribution in [0.15, 0.2) is 0 Å². The van der Waals surface area contributed by atoms with E-state index in [1.807, 2.05) is 12.0 Å². The van der Waals surface area contributed by atoms with E-state index in [2.05, 4.69) is 11.9 Å². The largest absolute Gasteiger partial charge is 0.381 e. The number of piperazine rings is 1. The topological polar surface area (TPSA) is 32.8 Å². The summed E-state index contributed by atoms with van der Waals surface area (Å²) in [7, 11) is 3.94. The predicted octanol–water partition coefficient (Wildman–Crippen LogP) is 2.14. The van der Waals surface area contributed by atoms with E-state index >= 15 is 0 Å². The molecule has 1 amide bonds. The summed E-state index contributed by atoms with van der Waals surface area (Å²) in [6.45, 7) is 3.86. The van der Waals surface area contributed by atoms with Crippen molar-refractivity contribution in [3.63, 3.8) is 0 Å². The van der Waals surface area contributed by atoms with E-state index in [-0.39, 0.29) is 0 Å². The zero-order chi connectivity index (χ0) is 14.4. The normalized spacial score (nSPS) is 28.6. The maximum absolute atomic E-state index is 12.1. The van der Waals surface area contributed by atoms with Crippen LogP contribution in [-0.4, -0.2) is 62.1 Å². The van der Waals surface area contributed by atoms with Gasteiger partial charge in [0.15, 0.2) is 0 Å². The van der Waals surface area contributed by atoms with Gasteiger partial charge in [0.2, 0.25) is 5.91 Å². The number of methoxy groups -OCH3 is 1. The van der Waals surface area contributed by atoms with Crippen molar-refractivity contribution >= 4 is 5.91 Å². The van der Waals surface area contributed by atoms with Crippen molar-refractivity contribution in [2.24, 2.45) is 5.92 Å². The molecule has 1 aliphatic heterocycles. The molecule has 1 saturated heterocycles. The molecule has 2 rings (SSSR count). The number of hydrogen-bond acceptors (Lipinski definition) is 3. The molecule has 0 aromatic carbocycles. The summed E-state index contributed by atoms with van der Waals surface area (Å²) >= 11 is 0. The second kappa shape index (κ2) is 7.99. The third-order valence-corrected chi connectivity index (χ3v) is 4.99. The molecule has 0 aromatic heterocycles. The van der Waals surface area contributed by atoms with Crippen molar-refractivity contribution in [1.29, 1.82) is 0 Å². The van der Waals surface area contributed by atoms with Crippen molar-refractivity contribution in [1.82, 2.24) is 9.80 Å². The Kier molecular flexibility index (Phi) is 6.30. The van der Waals surface area contributed by atoms with E-state index in [1.54, 1.807) is 0 Å². The van der Waals surface area contributed by atoms with Gasteiger partial charge in [-0.05, 0) is 51.5 Å². The number of carbonyl (C=O) groups excluding carboxylic acids is 1. The average Bonchev–Trinajstić information content (AvgIpc) is 2.48. The fourth-order valence-electron chi connectivity index (χ4n) is 3.41. The summed E-state index contributed by atoms with van der Waals surface area (Å²) in [5, 5.41) is 0. The lowest BCUT2D eigenvalue weighted by molar-refractivity contribution is -0.132. The van der Waals surface area contributed by atoms with Crippen LogP contribution in [0.2, 0.25) is 0 Å². The van der Waals surface area contributed by atoms with E-state index in [4.69, 9.17) is 4.74 Å². The minimum Gasteiger partial charge on any atom is -0.381 e. The lowest BCUT2D eigenvalue weighted by Gasteiger charge is -2.32. The second-order valence-corrected chi connectivity index (χ2v) is 6.45. The van der Waals surface area contributed by atoms with Crippen LogP contribution in [-0.2, 0) is 9.53 Å². The quantitative estimate of drug-likeness (QED) is 0.774. The third kappa shape index (κ3) is 4.74.